The predicted octanol–water partition coefficient (Wildman–Crippen LogP) is 1.95. The van der Waals surface area contributed by atoms with E-state index < -0.39 is 0 Å². The first-order valence-corrected chi connectivity index (χ1v) is 6.26. The van der Waals surface area contributed by atoms with Gasteiger partial charge in [0, 0.05) is 23.3 Å². The van der Waals surface area contributed by atoms with Crippen LogP contribution in [0.2, 0.25) is 0 Å². The van der Waals surface area contributed by atoms with Gasteiger partial charge < -0.3 is 11.1 Å². The first-order chi connectivity index (χ1) is 7.84. The van der Waals surface area contributed by atoms with Crippen molar-refractivity contribution in [3.63, 3.8) is 0 Å². The molecule has 0 fully saturated rings. The lowest BCUT2D eigenvalue weighted by atomic mass is 9.86. The van der Waals surface area contributed by atoms with E-state index in [2.05, 4.69) is 26.2 Å². The normalized spacial score (nSPS) is 13.2. The Hall–Kier alpha value is -0.940. The van der Waals surface area contributed by atoms with Crippen LogP contribution in [0.4, 0.5) is 0 Å². The van der Waals surface area contributed by atoms with Crippen LogP contribution in [-0.4, -0.2) is 23.5 Å². The number of carbonyl (C=O) groups excluding carboxylic acids is 1. The summed E-state index contributed by atoms with van der Waals surface area (Å²) in [5.41, 5.74) is 6.00. The number of nitrogens with one attached hydrogen (secondary N) is 1. The van der Waals surface area contributed by atoms with Crippen molar-refractivity contribution in [3.05, 3.63) is 28.5 Å². The molecule has 1 unspecified atom stereocenters. The summed E-state index contributed by atoms with van der Waals surface area (Å²) in [5, 5.41) is 2.90. The van der Waals surface area contributed by atoms with Gasteiger partial charge in [0.15, 0.2) is 0 Å². The van der Waals surface area contributed by atoms with Gasteiger partial charge in [0.2, 0.25) is 0 Å². The van der Waals surface area contributed by atoms with Gasteiger partial charge in [-0.2, -0.15) is 0 Å². The number of hydrogen-bond donors (Lipinski definition) is 2. The van der Waals surface area contributed by atoms with E-state index in [0.717, 1.165) is 4.47 Å². The van der Waals surface area contributed by atoms with Gasteiger partial charge in [0.25, 0.3) is 5.91 Å². The van der Waals surface area contributed by atoms with Crippen LogP contribution in [0.3, 0.4) is 0 Å². The second kappa shape index (κ2) is 5.60. The van der Waals surface area contributed by atoms with Crippen LogP contribution in [0, 0.1) is 5.41 Å². The van der Waals surface area contributed by atoms with Gasteiger partial charge in [0.1, 0.15) is 5.69 Å². The zero-order valence-corrected chi connectivity index (χ0v) is 11.9. The summed E-state index contributed by atoms with van der Waals surface area (Å²) in [5.74, 6) is -0.192. The van der Waals surface area contributed by atoms with Crippen molar-refractivity contribution in [1.82, 2.24) is 10.3 Å². The molecule has 1 aromatic rings. The van der Waals surface area contributed by atoms with Gasteiger partial charge in [-0.25, -0.2) is 4.98 Å². The van der Waals surface area contributed by atoms with Crippen LogP contribution in [0.1, 0.15) is 31.3 Å². The van der Waals surface area contributed by atoms with Crippen molar-refractivity contribution >= 4 is 21.8 Å². The highest BCUT2D eigenvalue weighted by molar-refractivity contribution is 9.10. The van der Waals surface area contributed by atoms with Gasteiger partial charge in [-0.3, -0.25) is 4.79 Å². The third-order valence-electron chi connectivity index (χ3n) is 2.55. The Balaban J connectivity index is 2.75. The molecule has 3 N–H and O–H groups in total. The first-order valence-electron chi connectivity index (χ1n) is 5.47. The Labute approximate surface area is 110 Å². The maximum absolute atomic E-state index is 11.9. The highest BCUT2D eigenvalue weighted by Gasteiger charge is 2.25. The van der Waals surface area contributed by atoms with E-state index in [4.69, 9.17) is 5.73 Å². The van der Waals surface area contributed by atoms with E-state index >= 15 is 0 Å². The van der Waals surface area contributed by atoms with Crippen LogP contribution in [0.5, 0.6) is 0 Å². The van der Waals surface area contributed by atoms with E-state index in [9.17, 15) is 4.79 Å². The van der Waals surface area contributed by atoms with Gasteiger partial charge in [-0.05, 0) is 33.5 Å². The Morgan fingerprint density at radius 1 is 1.53 bits per heavy atom. The van der Waals surface area contributed by atoms with Crippen molar-refractivity contribution in [2.45, 2.75) is 26.8 Å². The van der Waals surface area contributed by atoms with E-state index in [1.54, 1.807) is 18.3 Å². The van der Waals surface area contributed by atoms with Gasteiger partial charge in [-0.15, -0.1) is 0 Å². The highest BCUT2D eigenvalue weighted by atomic mass is 79.9. The zero-order valence-electron chi connectivity index (χ0n) is 10.3. The van der Waals surface area contributed by atoms with Crippen LogP contribution in [0.25, 0.3) is 0 Å². The molecule has 1 aromatic heterocycles. The molecule has 1 rings (SSSR count). The third-order valence-corrected chi connectivity index (χ3v) is 3.02. The molecule has 0 saturated carbocycles. The number of nitrogens with two attached hydrogens (primary N) is 1. The van der Waals surface area contributed by atoms with Crippen LogP contribution in [-0.2, 0) is 0 Å². The average molecular weight is 300 g/mol. The molecule has 0 radical (unpaired) electrons. The fraction of sp³-hybridized carbons (Fsp3) is 0.500. The number of hydrogen-bond acceptors (Lipinski definition) is 3. The summed E-state index contributed by atoms with van der Waals surface area (Å²) in [6.07, 6.45) is 1.60. The fourth-order valence-electron chi connectivity index (χ4n) is 1.37. The molecule has 0 bridgehead atoms. The molecule has 0 saturated heterocycles. The monoisotopic (exact) mass is 299 g/mol. The number of aromatic nitrogens is 1. The predicted molar refractivity (Wildman–Crippen MR) is 71.7 cm³/mol. The number of carbonyl (C=O) groups is 1. The Kier molecular flexibility index (Phi) is 4.65. The van der Waals surface area contributed by atoms with E-state index in [0.29, 0.717) is 12.2 Å². The van der Waals surface area contributed by atoms with Gasteiger partial charge >= 0.3 is 0 Å². The molecule has 0 aliphatic carbocycles. The molecule has 94 valence electrons. The minimum atomic E-state index is -0.192. The van der Waals surface area contributed by atoms with Gasteiger partial charge in [0.05, 0.1) is 0 Å². The third kappa shape index (κ3) is 4.09. The number of halogens is 1. The number of rotatable bonds is 3. The first kappa shape index (κ1) is 14.1. The van der Waals surface area contributed by atoms with Crippen molar-refractivity contribution < 1.29 is 4.79 Å². The standard InChI is InChI=1S/C12H18BrN3O/c1-12(2,3)10(6-14)16-11(17)9-5-4-8(13)7-15-9/h4-5,7,10H,6,14H2,1-3H3,(H,16,17). The molecule has 0 aromatic carbocycles. The largest absolute Gasteiger partial charge is 0.346 e. The van der Waals surface area contributed by atoms with E-state index in [-0.39, 0.29) is 17.4 Å². The fourth-order valence-corrected chi connectivity index (χ4v) is 1.61. The average Bonchev–Trinajstić information content (AvgIpc) is 2.24. The molecule has 1 atom stereocenters. The van der Waals surface area contributed by atoms with Crippen LogP contribution >= 0.6 is 15.9 Å². The minimum Gasteiger partial charge on any atom is -0.346 e. The number of pyridine rings is 1. The van der Waals surface area contributed by atoms with Gasteiger partial charge in [-0.1, -0.05) is 20.8 Å². The minimum absolute atomic E-state index is 0.0690. The molecular formula is C12H18BrN3O. The lowest BCUT2D eigenvalue weighted by Gasteiger charge is -2.30. The number of amides is 1. The van der Waals surface area contributed by atoms with Crippen molar-refractivity contribution in [1.29, 1.82) is 0 Å². The maximum atomic E-state index is 11.9. The SMILES string of the molecule is CC(C)(C)C(CN)NC(=O)c1ccc(Br)cn1. The Bertz CT molecular complexity index is 384. The molecular weight excluding hydrogens is 282 g/mol. The smallest absolute Gasteiger partial charge is 0.270 e. The summed E-state index contributed by atoms with van der Waals surface area (Å²) >= 11 is 3.28. The zero-order chi connectivity index (χ0) is 13.1. The molecule has 4 nitrogen and oxygen atoms in total. The van der Waals surface area contributed by atoms with Crippen LogP contribution in [0.15, 0.2) is 22.8 Å². The van der Waals surface area contributed by atoms with Crippen molar-refractivity contribution in [3.8, 4) is 0 Å². The summed E-state index contributed by atoms with van der Waals surface area (Å²) in [7, 11) is 0. The van der Waals surface area contributed by atoms with Crippen molar-refractivity contribution in [2.75, 3.05) is 6.54 Å². The topological polar surface area (TPSA) is 68.0 Å². The second-order valence-corrected chi connectivity index (χ2v) is 5.91. The lowest BCUT2D eigenvalue weighted by molar-refractivity contribution is 0.0900. The van der Waals surface area contributed by atoms with Crippen LogP contribution < -0.4 is 11.1 Å². The Morgan fingerprint density at radius 3 is 2.59 bits per heavy atom. The molecule has 5 heteroatoms. The summed E-state index contributed by atoms with van der Waals surface area (Å²) in [6, 6.07) is 3.40. The molecule has 0 aliphatic rings. The molecule has 1 heterocycles. The summed E-state index contributed by atoms with van der Waals surface area (Å²) in [4.78, 5) is 16.0. The highest BCUT2D eigenvalue weighted by Crippen LogP contribution is 2.18. The molecule has 1 amide bonds. The van der Waals surface area contributed by atoms with E-state index in [1.165, 1.54) is 0 Å². The van der Waals surface area contributed by atoms with E-state index in [1.807, 2.05) is 20.8 Å². The maximum Gasteiger partial charge on any atom is 0.270 e. The molecule has 0 aliphatic heterocycles. The van der Waals surface area contributed by atoms with Crippen molar-refractivity contribution in [2.24, 2.45) is 11.1 Å². The second-order valence-electron chi connectivity index (χ2n) is 4.99. The molecule has 17 heavy (non-hydrogen) atoms. The molecule has 0 spiro atoms. The quantitative estimate of drug-likeness (QED) is 0.896. The summed E-state index contributed by atoms with van der Waals surface area (Å²) < 4.78 is 0.847. The number of nitrogens with zero attached hydrogens (tertiary/aromatic N) is 1. The summed E-state index contributed by atoms with van der Waals surface area (Å²) in [6.45, 7) is 6.53. The lowest BCUT2D eigenvalue weighted by Crippen LogP contribution is -2.48. The Morgan fingerprint density at radius 2 is 2.18 bits per heavy atom.